The van der Waals surface area contributed by atoms with E-state index in [-0.39, 0.29) is 24.9 Å². The van der Waals surface area contributed by atoms with Crippen LogP contribution < -0.4 is 16.4 Å². The van der Waals surface area contributed by atoms with Crippen molar-refractivity contribution in [3.8, 4) is 0 Å². The summed E-state index contributed by atoms with van der Waals surface area (Å²) in [5.74, 6) is -0.935. The van der Waals surface area contributed by atoms with E-state index < -0.39 is 5.91 Å². The van der Waals surface area contributed by atoms with Gasteiger partial charge in [0.1, 0.15) is 0 Å². The van der Waals surface area contributed by atoms with Crippen LogP contribution in [0.1, 0.15) is 15.9 Å². The third kappa shape index (κ3) is 4.88. The maximum absolute atomic E-state index is 11.9. The van der Waals surface area contributed by atoms with Crippen molar-refractivity contribution in [3.05, 3.63) is 29.3 Å². The van der Waals surface area contributed by atoms with Crippen LogP contribution in [0, 0.1) is 6.92 Å². The van der Waals surface area contributed by atoms with E-state index in [1.54, 1.807) is 32.3 Å². The Labute approximate surface area is 123 Å². The smallest absolute Gasteiger partial charge is 0.253 e. The van der Waals surface area contributed by atoms with E-state index in [1.807, 2.05) is 6.92 Å². The molecule has 1 aromatic carbocycles. The first-order valence-electron chi connectivity index (χ1n) is 6.44. The number of hydrogen-bond donors (Lipinski definition) is 3. The summed E-state index contributed by atoms with van der Waals surface area (Å²) >= 11 is 0. The number of nitrogens with zero attached hydrogens (tertiary/aromatic N) is 1. The van der Waals surface area contributed by atoms with Crippen LogP contribution in [-0.2, 0) is 9.59 Å². The van der Waals surface area contributed by atoms with Gasteiger partial charge in [0.25, 0.3) is 5.91 Å². The van der Waals surface area contributed by atoms with Crippen LogP contribution in [-0.4, -0.2) is 49.8 Å². The number of nitrogens with two attached hydrogens (primary N) is 1. The molecule has 0 atom stereocenters. The average Bonchev–Trinajstić information content (AvgIpc) is 2.46. The molecular weight excluding hydrogens is 272 g/mol. The van der Waals surface area contributed by atoms with Gasteiger partial charge >= 0.3 is 0 Å². The molecule has 0 bridgehead atoms. The molecule has 21 heavy (non-hydrogen) atoms. The van der Waals surface area contributed by atoms with Crippen LogP contribution in [0.4, 0.5) is 5.69 Å². The Bertz CT molecular complexity index is 555. The molecule has 0 aliphatic rings. The normalized spacial score (nSPS) is 9.90. The fourth-order valence-electron chi connectivity index (χ4n) is 1.59. The second-order valence-corrected chi connectivity index (χ2v) is 4.76. The van der Waals surface area contributed by atoms with Crippen molar-refractivity contribution in [2.75, 3.05) is 32.5 Å². The molecule has 0 heterocycles. The molecule has 0 saturated carbocycles. The van der Waals surface area contributed by atoms with Gasteiger partial charge < -0.3 is 21.3 Å². The average molecular weight is 292 g/mol. The maximum Gasteiger partial charge on any atom is 0.253 e. The molecule has 7 nitrogen and oxygen atoms in total. The highest BCUT2D eigenvalue weighted by Gasteiger charge is 2.12. The highest BCUT2D eigenvalue weighted by Crippen LogP contribution is 2.17. The summed E-state index contributed by atoms with van der Waals surface area (Å²) in [5, 5.41) is 5.03. The highest BCUT2D eigenvalue weighted by molar-refractivity contribution is 5.98. The summed E-state index contributed by atoms with van der Waals surface area (Å²) in [7, 11) is 3.31. The van der Waals surface area contributed by atoms with E-state index in [4.69, 9.17) is 5.73 Å². The van der Waals surface area contributed by atoms with Crippen LogP contribution in [0.25, 0.3) is 0 Å². The predicted octanol–water partition coefficient (Wildman–Crippen LogP) is -0.290. The molecule has 0 fully saturated rings. The zero-order chi connectivity index (χ0) is 16.0. The largest absolute Gasteiger partial charge is 0.346 e. The SMILES string of the molecule is Cc1ccc(C(=O)N(C)C)cc1NC(=O)CNC(=O)CN. The second kappa shape index (κ2) is 7.39. The fraction of sp³-hybridized carbons (Fsp3) is 0.357. The Kier molecular flexibility index (Phi) is 5.86. The summed E-state index contributed by atoms with van der Waals surface area (Å²) in [4.78, 5) is 36.1. The topological polar surface area (TPSA) is 105 Å². The first kappa shape index (κ1) is 16.6. The zero-order valence-corrected chi connectivity index (χ0v) is 12.4. The Morgan fingerprint density at radius 3 is 2.43 bits per heavy atom. The van der Waals surface area contributed by atoms with Gasteiger partial charge in [-0.05, 0) is 24.6 Å². The van der Waals surface area contributed by atoms with Gasteiger partial charge in [0.2, 0.25) is 11.8 Å². The number of amides is 3. The molecule has 4 N–H and O–H groups in total. The van der Waals surface area contributed by atoms with Gasteiger partial charge in [0, 0.05) is 25.3 Å². The Morgan fingerprint density at radius 1 is 1.19 bits per heavy atom. The van der Waals surface area contributed by atoms with Crippen LogP contribution in [0.2, 0.25) is 0 Å². The third-order valence-corrected chi connectivity index (χ3v) is 2.80. The number of nitrogens with one attached hydrogen (secondary N) is 2. The minimum absolute atomic E-state index is 0.151. The van der Waals surface area contributed by atoms with Gasteiger partial charge in [-0.25, -0.2) is 0 Å². The molecule has 1 rings (SSSR count). The fourth-order valence-corrected chi connectivity index (χ4v) is 1.59. The zero-order valence-electron chi connectivity index (χ0n) is 12.4. The predicted molar refractivity (Wildman–Crippen MR) is 79.9 cm³/mol. The minimum atomic E-state index is -0.404. The van der Waals surface area contributed by atoms with Gasteiger partial charge in [0.15, 0.2) is 0 Å². The van der Waals surface area contributed by atoms with Crippen molar-refractivity contribution in [1.82, 2.24) is 10.2 Å². The Balaban J connectivity index is 2.78. The summed E-state index contributed by atoms with van der Waals surface area (Å²) in [5.41, 5.74) is 6.97. The quantitative estimate of drug-likeness (QED) is 0.693. The molecule has 0 spiro atoms. The van der Waals surface area contributed by atoms with Crippen LogP contribution in [0.5, 0.6) is 0 Å². The molecule has 0 unspecified atom stereocenters. The van der Waals surface area contributed by atoms with Crippen LogP contribution in [0.3, 0.4) is 0 Å². The van der Waals surface area contributed by atoms with E-state index in [0.29, 0.717) is 11.3 Å². The number of carbonyl (C=O) groups is 3. The van der Waals surface area contributed by atoms with Crippen LogP contribution >= 0.6 is 0 Å². The number of anilines is 1. The number of hydrogen-bond acceptors (Lipinski definition) is 4. The molecule has 114 valence electrons. The lowest BCUT2D eigenvalue weighted by Gasteiger charge is -2.13. The summed E-state index contributed by atoms with van der Waals surface area (Å²) in [6.45, 7) is 1.48. The number of aryl methyl sites for hydroxylation is 1. The van der Waals surface area contributed by atoms with E-state index >= 15 is 0 Å². The summed E-state index contributed by atoms with van der Waals surface area (Å²) in [6, 6.07) is 5.06. The molecule has 0 aromatic heterocycles. The van der Waals surface area contributed by atoms with Gasteiger partial charge in [-0.15, -0.1) is 0 Å². The number of benzene rings is 1. The lowest BCUT2D eigenvalue weighted by molar-refractivity contribution is -0.123. The lowest BCUT2D eigenvalue weighted by Crippen LogP contribution is -2.36. The standard InChI is InChI=1S/C14H20N4O3/c1-9-4-5-10(14(21)18(2)3)6-11(9)17-13(20)8-16-12(19)7-15/h4-6H,7-8,15H2,1-3H3,(H,16,19)(H,17,20). The first-order chi connectivity index (χ1) is 9.85. The van der Waals surface area contributed by atoms with Crippen molar-refractivity contribution in [1.29, 1.82) is 0 Å². The monoisotopic (exact) mass is 292 g/mol. The van der Waals surface area contributed by atoms with Gasteiger partial charge in [0.05, 0.1) is 13.1 Å². The van der Waals surface area contributed by atoms with E-state index in [1.165, 1.54) is 4.90 Å². The van der Waals surface area contributed by atoms with Gasteiger partial charge in [-0.1, -0.05) is 6.07 Å². The highest BCUT2D eigenvalue weighted by atomic mass is 16.2. The molecule has 3 amide bonds. The van der Waals surface area contributed by atoms with Crippen molar-refractivity contribution in [2.45, 2.75) is 6.92 Å². The Morgan fingerprint density at radius 2 is 1.86 bits per heavy atom. The summed E-state index contributed by atoms with van der Waals surface area (Å²) in [6.07, 6.45) is 0. The van der Waals surface area contributed by atoms with Gasteiger partial charge in [-0.2, -0.15) is 0 Å². The van der Waals surface area contributed by atoms with Gasteiger partial charge in [-0.3, -0.25) is 14.4 Å². The molecule has 0 aliphatic carbocycles. The molecule has 0 saturated heterocycles. The lowest BCUT2D eigenvalue weighted by atomic mass is 10.1. The molecule has 1 aromatic rings. The molecular formula is C14H20N4O3. The van der Waals surface area contributed by atoms with E-state index in [0.717, 1.165) is 5.56 Å². The number of rotatable bonds is 5. The second-order valence-electron chi connectivity index (χ2n) is 4.76. The molecule has 7 heteroatoms. The maximum atomic E-state index is 11.9. The molecule has 0 aliphatic heterocycles. The van der Waals surface area contributed by atoms with Crippen molar-refractivity contribution >= 4 is 23.4 Å². The van der Waals surface area contributed by atoms with Crippen molar-refractivity contribution < 1.29 is 14.4 Å². The van der Waals surface area contributed by atoms with Crippen LogP contribution in [0.15, 0.2) is 18.2 Å². The third-order valence-electron chi connectivity index (χ3n) is 2.80. The van der Waals surface area contributed by atoms with E-state index in [9.17, 15) is 14.4 Å². The summed E-state index contributed by atoms with van der Waals surface area (Å²) < 4.78 is 0. The first-order valence-corrected chi connectivity index (χ1v) is 6.44. The number of carbonyl (C=O) groups excluding carboxylic acids is 3. The minimum Gasteiger partial charge on any atom is -0.346 e. The molecule has 0 radical (unpaired) electrons. The van der Waals surface area contributed by atoms with E-state index in [2.05, 4.69) is 10.6 Å². The van der Waals surface area contributed by atoms with Crippen molar-refractivity contribution in [3.63, 3.8) is 0 Å². The Hall–Kier alpha value is -2.41. The van der Waals surface area contributed by atoms with Crippen molar-refractivity contribution in [2.24, 2.45) is 5.73 Å².